The van der Waals surface area contributed by atoms with E-state index in [2.05, 4.69) is 67.1 Å². The van der Waals surface area contributed by atoms with Gasteiger partial charge < -0.3 is 10.1 Å². The number of rotatable bonds is 3. The maximum absolute atomic E-state index is 5.95. The predicted octanol–water partition coefficient (Wildman–Crippen LogP) is 4.22. The van der Waals surface area contributed by atoms with Gasteiger partial charge in [-0.2, -0.15) is 0 Å². The van der Waals surface area contributed by atoms with Gasteiger partial charge in [-0.15, -0.1) is 0 Å². The third kappa shape index (κ3) is 4.04. The zero-order chi connectivity index (χ0) is 14.0. The van der Waals surface area contributed by atoms with E-state index in [9.17, 15) is 0 Å². The first-order valence-corrected chi connectivity index (χ1v) is 7.79. The predicted molar refractivity (Wildman–Crippen MR) is 83.4 cm³/mol. The molecule has 0 amide bonds. The van der Waals surface area contributed by atoms with Gasteiger partial charge in [0.2, 0.25) is 0 Å². The first-order valence-electron chi connectivity index (χ1n) is 6.99. The fraction of sp³-hybridized carbons (Fsp3) is 0.625. The van der Waals surface area contributed by atoms with Gasteiger partial charge >= 0.3 is 0 Å². The van der Waals surface area contributed by atoms with Crippen LogP contribution in [0.1, 0.15) is 44.4 Å². The van der Waals surface area contributed by atoms with Gasteiger partial charge in [-0.05, 0) is 51.3 Å². The van der Waals surface area contributed by atoms with Crippen LogP contribution in [0, 0.1) is 12.8 Å². The van der Waals surface area contributed by atoms with Crippen LogP contribution >= 0.6 is 15.9 Å². The Morgan fingerprint density at radius 1 is 1.37 bits per heavy atom. The SMILES string of the molecule is Cc1ccc(C2OCCC2CNC(C)(C)C)cc1Br. The van der Waals surface area contributed by atoms with Crippen molar-refractivity contribution in [3.63, 3.8) is 0 Å². The van der Waals surface area contributed by atoms with Crippen molar-refractivity contribution in [2.75, 3.05) is 13.2 Å². The van der Waals surface area contributed by atoms with Crippen LogP contribution in [0.25, 0.3) is 0 Å². The third-order valence-electron chi connectivity index (χ3n) is 3.63. The highest BCUT2D eigenvalue weighted by Gasteiger charge is 2.30. The van der Waals surface area contributed by atoms with E-state index in [1.54, 1.807) is 0 Å². The quantitative estimate of drug-likeness (QED) is 0.898. The summed E-state index contributed by atoms with van der Waals surface area (Å²) in [5, 5.41) is 3.60. The first kappa shape index (κ1) is 15.0. The first-order chi connectivity index (χ1) is 8.87. The minimum atomic E-state index is 0.168. The summed E-state index contributed by atoms with van der Waals surface area (Å²) in [7, 11) is 0. The molecule has 2 unspecified atom stereocenters. The van der Waals surface area contributed by atoms with Gasteiger partial charge in [0.1, 0.15) is 0 Å². The van der Waals surface area contributed by atoms with Crippen LogP contribution in [-0.4, -0.2) is 18.7 Å². The number of nitrogens with one attached hydrogen (secondary N) is 1. The molecule has 1 fully saturated rings. The fourth-order valence-corrected chi connectivity index (χ4v) is 2.83. The van der Waals surface area contributed by atoms with Crippen molar-refractivity contribution >= 4 is 15.9 Å². The van der Waals surface area contributed by atoms with Crippen molar-refractivity contribution < 1.29 is 4.74 Å². The van der Waals surface area contributed by atoms with Crippen molar-refractivity contribution in [3.8, 4) is 0 Å². The van der Waals surface area contributed by atoms with Gasteiger partial charge in [-0.3, -0.25) is 0 Å². The van der Waals surface area contributed by atoms with E-state index in [-0.39, 0.29) is 11.6 Å². The Labute approximate surface area is 125 Å². The molecule has 2 nitrogen and oxygen atoms in total. The summed E-state index contributed by atoms with van der Waals surface area (Å²) in [5.41, 5.74) is 2.72. The standard InChI is InChI=1S/C16H24BrNO/c1-11-5-6-12(9-14(11)17)15-13(7-8-19-15)10-18-16(2,3)4/h5-6,9,13,15,18H,7-8,10H2,1-4H3. The molecule has 1 saturated heterocycles. The number of ether oxygens (including phenoxy) is 1. The lowest BCUT2D eigenvalue weighted by atomic mass is 9.94. The van der Waals surface area contributed by atoms with Crippen LogP contribution < -0.4 is 5.32 Å². The summed E-state index contributed by atoms with van der Waals surface area (Å²) in [6, 6.07) is 6.56. The van der Waals surface area contributed by atoms with Crippen molar-refractivity contribution in [2.45, 2.75) is 45.8 Å². The van der Waals surface area contributed by atoms with Crippen molar-refractivity contribution in [1.29, 1.82) is 0 Å². The smallest absolute Gasteiger partial charge is 0.0866 e. The molecule has 0 radical (unpaired) electrons. The van der Waals surface area contributed by atoms with Crippen LogP contribution in [0.15, 0.2) is 22.7 Å². The molecule has 1 N–H and O–H groups in total. The number of halogens is 1. The van der Waals surface area contributed by atoms with Gasteiger partial charge in [0.15, 0.2) is 0 Å². The molecule has 2 atom stereocenters. The number of hydrogen-bond donors (Lipinski definition) is 1. The van der Waals surface area contributed by atoms with Crippen molar-refractivity contribution in [1.82, 2.24) is 5.32 Å². The lowest BCUT2D eigenvalue weighted by molar-refractivity contribution is 0.0889. The molecule has 0 spiro atoms. The molecule has 19 heavy (non-hydrogen) atoms. The van der Waals surface area contributed by atoms with Crippen LogP contribution in [0.3, 0.4) is 0 Å². The Balaban J connectivity index is 2.07. The van der Waals surface area contributed by atoms with E-state index >= 15 is 0 Å². The number of hydrogen-bond acceptors (Lipinski definition) is 2. The fourth-order valence-electron chi connectivity index (χ4n) is 2.43. The van der Waals surface area contributed by atoms with Crippen molar-refractivity contribution in [2.24, 2.45) is 5.92 Å². The maximum atomic E-state index is 5.95. The lowest BCUT2D eigenvalue weighted by Gasteiger charge is -2.26. The minimum Gasteiger partial charge on any atom is -0.373 e. The van der Waals surface area contributed by atoms with E-state index in [1.165, 1.54) is 15.6 Å². The van der Waals surface area contributed by atoms with E-state index in [1.807, 2.05) is 0 Å². The van der Waals surface area contributed by atoms with Gasteiger partial charge in [0.25, 0.3) is 0 Å². The van der Waals surface area contributed by atoms with E-state index < -0.39 is 0 Å². The molecule has 1 aliphatic heterocycles. The Hall–Kier alpha value is -0.380. The number of aryl methyl sites for hydroxylation is 1. The van der Waals surface area contributed by atoms with Crippen LogP contribution in [-0.2, 0) is 4.74 Å². The highest BCUT2D eigenvalue weighted by atomic mass is 79.9. The summed E-state index contributed by atoms with van der Waals surface area (Å²) in [6.45, 7) is 10.6. The maximum Gasteiger partial charge on any atom is 0.0866 e. The molecule has 0 saturated carbocycles. The summed E-state index contributed by atoms with van der Waals surface area (Å²) < 4.78 is 7.12. The minimum absolute atomic E-state index is 0.168. The summed E-state index contributed by atoms with van der Waals surface area (Å²) >= 11 is 3.61. The third-order valence-corrected chi connectivity index (χ3v) is 4.49. The van der Waals surface area contributed by atoms with E-state index in [0.29, 0.717) is 5.92 Å². The second-order valence-electron chi connectivity index (χ2n) is 6.48. The highest BCUT2D eigenvalue weighted by Crippen LogP contribution is 2.35. The molecule has 2 rings (SSSR count). The molecule has 1 heterocycles. The Morgan fingerprint density at radius 2 is 2.11 bits per heavy atom. The Kier molecular flexibility index (Phi) is 4.70. The normalized spacial score (nSPS) is 23.8. The number of benzene rings is 1. The lowest BCUT2D eigenvalue weighted by Crippen LogP contribution is -2.39. The van der Waals surface area contributed by atoms with Gasteiger partial charge in [0, 0.05) is 29.1 Å². The molecule has 106 valence electrons. The van der Waals surface area contributed by atoms with Crippen molar-refractivity contribution in [3.05, 3.63) is 33.8 Å². The van der Waals surface area contributed by atoms with E-state index in [4.69, 9.17) is 4.74 Å². The summed E-state index contributed by atoms with van der Waals surface area (Å²) in [5.74, 6) is 0.564. The Bertz CT molecular complexity index is 439. The second kappa shape index (κ2) is 5.94. The molecular formula is C16H24BrNO. The zero-order valence-electron chi connectivity index (χ0n) is 12.3. The molecule has 0 aromatic heterocycles. The summed E-state index contributed by atoms with van der Waals surface area (Å²) in [6.07, 6.45) is 1.37. The molecule has 0 bridgehead atoms. The zero-order valence-corrected chi connectivity index (χ0v) is 13.9. The largest absolute Gasteiger partial charge is 0.373 e. The van der Waals surface area contributed by atoms with Crippen LogP contribution in [0.4, 0.5) is 0 Å². The second-order valence-corrected chi connectivity index (χ2v) is 7.33. The van der Waals surface area contributed by atoms with Crippen LogP contribution in [0.2, 0.25) is 0 Å². The van der Waals surface area contributed by atoms with Gasteiger partial charge in [-0.1, -0.05) is 28.1 Å². The monoisotopic (exact) mass is 325 g/mol. The Morgan fingerprint density at radius 3 is 2.74 bits per heavy atom. The van der Waals surface area contributed by atoms with Crippen LogP contribution in [0.5, 0.6) is 0 Å². The molecule has 1 aromatic rings. The van der Waals surface area contributed by atoms with E-state index in [0.717, 1.165) is 19.6 Å². The molecule has 3 heteroatoms. The molecular weight excluding hydrogens is 302 g/mol. The molecule has 0 aliphatic carbocycles. The average Bonchev–Trinajstić information content (AvgIpc) is 2.77. The topological polar surface area (TPSA) is 21.3 Å². The molecule has 1 aromatic carbocycles. The van der Waals surface area contributed by atoms with Gasteiger partial charge in [-0.25, -0.2) is 0 Å². The summed E-state index contributed by atoms with van der Waals surface area (Å²) in [4.78, 5) is 0. The average molecular weight is 326 g/mol. The molecule has 1 aliphatic rings. The van der Waals surface area contributed by atoms with Gasteiger partial charge in [0.05, 0.1) is 6.10 Å². The highest BCUT2D eigenvalue weighted by molar-refractivity contribution is 9.10.